The van der Waals surface area contributed by atoms with Crippen LogP contribution in [0.15, 0.2) is 36.4 Å². The standard InChI is InChI=1S/C14H12N2O2/c17-15-11-3-5-13-9(7-11)1-2-10-8-12(16-18)4-6-14(10)13/h3-8,15-16H,1-2H2. The monoisotopic (exact) mass is 240 g/mol. The van der Waals surface area contributed by atoms with Crippen molar-refractivity contribution >= 4 is 11.4 Å². The molecule has 0 spiro atoms. The lowest BCUT2D eigenvalue weighted by molar-refractivity contribution is 0.274. The Morgan fingerprint density at radius 1 is 0.722 bits per heavy atom. The van der Waals surface area contributed by atoms with Gasteiger partial charge in [-0.3, -0.25) is 0 Å². The predicted molar refractivity (Wildman–Crippen MR) is 67.9 cm³/mol. The van der Waals surface area contributed by atoms with Gasteiger partial charge in [0.2, 0.25) is 0 Å². The van der Waals surface area contributed by atoms with Crippen molar-refractivity contribution in [2.24, 2.45) is 0 Å². The molecule has 90 valence electrons. The fraction of sp³-hybridized carbons (Fsp3) is 0.143. The second-order valence-corrected chi connectivity index (χ2v) is 4.45. The molecule has 2 aromatic carbocycles. The maximum absolute atomic E-state index is 10.7. The third kappa shape index (κ3) is 1.72. The molecule has 0 atom stereocenters. The van der Waals surface area contributed by atoms with E-state index in [-0.39, 0.29) is 0 Å². The zero-order chi connectivity index (χ0) is 12.5. The van der Waals surface area contributed by atoms with Crippen molar-refractivity contribution in [2.45, 2.75) is 12.8 Å². The van der Waals surface area contributed by atoms with Crippen LogP contribution >= 0.6 is 0 Å². The Hall–Kier alpha value is -2.04. The number of rotatable bonds is 2. The average Bonchev–Trinajstić information content (AvgIpc) is 2.45. The van der Waals surface area contributed by atoms with Crippen LogP contribution in [0.4, 0.5) is 11.4 Å². The van der Waals surface area contributed by atoms with Crippen LogP contribution in [0.5, 0.6) is 0 Å². The zero-order valence-electron chi connectivity index (χ0n) is 9.69. The van der Waals surface area contributed by atoms with Gasteiger partial charge in [-0.1, -0.05) is 22.5 Å². The number of hydrogen-bond donors (Lipinski definition) is 2. The predicted octanol–water partition coefficient (Wildman–Crippen LogP) is 2.97. The van der Waals surface area contributed by atoms with Crippen LogP contribution < -0.4 is 11.0 Å². The first-order valence-electron chi connectivity index (χ1n) is 5.84. The van der Waals surface area contributed by atoms with Gasteiger partial charge in [0.1, 0.15) is 0 Å². The van der Waals surface area contributed by atoms with Crippen LogP contribution in [0.3, 0.4) is 0 Å². The van der Waals surface area contributed by atoms with Gasteiger partial charge in [-0.05, 0) is 59.4 Å². The number of aryl methyl sites for hydroxylation is 2. The van der Waals surface area contributed by atoms with E-state index in [0.29, 0.717) is 11.4 Å². The summed E-state index contributed by atoms with van der Waals surface area (Å²) < 4.78 is 0. The Morgan fingerprint density at radius 3 is 1.56 bits per heavy atom. The van der Waals surface area contributed by atoms with E-state index in [9.17, 15) is 10.4 Å². The highest BCUT2D eigenvalue weighted by atomic mass is 16.5. The van der Waals surface area contributed by atoms with Crippen molar-refractivity contribution in [3.05, 3.63) is 47.5 Å². The summed E-state index contributed by atoms with van der Waals surface area (Å²) in [7, 11) is 0. The SMILES string of the molecule is [O]Nc1ccc2c(c1)CCc1cc(N[O])ccc1-2. The van der Waals surface area contributed by atoms with Crippen molar-refractivity contribution in [1.82, 2.24) is 0 Å². The molecule has 4 nitrogen and oxygen atoms in total. The first-order valence-corrected chi connectivity index (χ1v) is 5.84. The minimum Gasteiger partial charge on any atom is -0.233 e. The molecule has 3 rings (SSSR count). The summed E-state index contributed by atoms with van der Waals surface area (Å²) in [6.07, 6.45) is 1.78. The number of anilines is 2. The summed E-state index contributed by atoms with van der Waals surface area (Å²) in [6, 6.07) is 11.3. The molecule has 2 N–H and O–H groups in total. The second kappa shape index (κ2) is 4.33. The van der Waals surface area contributed by atoms with Crippen LogP contribution in [0, 0.1) is 0 Å². The van der Waals surface area contributed by atoms with Gasteiger partial charge in [-0.2, -0.15) is 0 Å². The Morgan fingerprint density at radius 2 is 1.17 bits per heavy atom. The summed E-state index contributed by atoms with van der Waals surface area (Å²) >= 11 is 0. The summed E-state index contributed by atoms with van der Waals surface area (Å²) in [6.45, 7) is 0. The average molecular weight is 240 g/mol. The van der Waals surface area contributed by atoms with Gasteiger partial charge in [-0.25, -0.2) is 11.0 Å². The summed E-state index contributed by atoms with van der Waals surface area (Å²) in [4.78, 5) is 0. The van der Waals surface area contributed by atoms with Crippen LogP contribution in [0.2, 0.25) is 0 Å². The normalized spacial score (nSPS) is 12.6. The molecule has 0 bridgehead atoms. The number of benzene rings is 2. The van der Waals surface area contributed by atoms with E-state index in [2.05, 4.69) is 0 Å². The van der Waals surface area contributed by atoms with Crippen LogP contribution in [0.1, 0.15) is 11.1 Å². The van der Waals surface area contributed by atoms with Crippen molar-refractivity contribution in [3.63, 3.8) is 0 Å². The van der Waals surface area contributed by atoms with Gasteiger partial charge < -0.3 is 0 Å². The van der Waals surface area contributed by atoms with Crippen molar-refractivity contribution < 1.29 is 10.4 Å². The lowest BCUT2D eigenvalue weighted by atomic mass is 9.85. The molecule has 0 unspecified atom stereocenters. The molecular weight excluding hydrogens is 228 g/mol. The van der Waals surface area contributed by atoms with E-state index >= 15 is 0 Å². The Kier molecular flexibility index (Phi) is 2.66. The smallest absolute Gasteiger partial charge is 0.0638 e. The third-order valence-electron chi connectivity index (χ3n) is 3.40. The van der Waals surface area contributed by atoms with Crippen LogP contribution in [-0.4, -0.2) is 0 Å². The van der Waals surface area contributed by atoms with E-state index in [1.807, 2.05) is 35.2 Å². The molecule has 2 radical (unpaired) electrons. The van der Waals surface area contributed by atoms with E-state index in [1.165, 1.54) is 11.1 Å². The molecule has 0 fully saturated rings. The Balaban J connectivity index is 2.11. The highest BCUT2D eigenvalue weighted by Crippen LogP contribution is 2.36. The largest absolute Gasteiger partial charge is 0.233 e. The summed E-state index contributed by atoms with van der Waals surface area (Å²) in [5.41, 5.74) is 9.66. The third-order valence-corrected chi connectivity index (χ3v) is 3.40. The highest BCUT2D eigenvalue weighted by molar-refractivity contribution is 5.76. The van der Waals surface area contributed by atoms with E-state index in [0.717, 1.165) is 24.0 Å². The Labute approximate surface area is 105 Å². The lowest BCUT2D eigenvalue weighted by Gasteiger charge is -2.20. The molecule has 0 amide bonds. The molecule has 0 aliphatic heterocycles. The molecule has 2 aromatic rings. The van der Waals surface area contributed by atoms with Crippen LogP contribution in [-0.2, 0) is 23.3 Å². The van der Waals surface area contributed by atoms with Gasteiger partial charge in [0, 0.05) is 0 Å². The van der Waals surface area contributed by atoms with Gasteiger partial charge >= 0.3 is 0 Å². The molecule has 4 heteroatoms. The van der Waals surface area contributed by atoms with E-state index in [4.69, 9.17) is 0 Å². The summed E-state index contributed by atoms with van der Waals surface area (Å²) in [5, 5.41) is 21.3. The molecule has 0 saturated heterocycles. The first kappa shape index (κ1) is 11.1. The molecule has 0 saturated carbocycles. The molecular formula is C14H12N2O2. The molecule has 1 aliphatic rings. The molecule has 1 aliphatic carbocycles. The topological polar surface area (TPSA) is 63.9 Å². The fourth-order valence-corrected chi connectivity index (χ4v) is 2.52. The van der Waals surface area contributed by atoms with Gasteiger partial charge in [0.25, 0.3) is 0 Å². The number of nitrogens with one attached hydrogen (secondary N) is 2. The highest BCUT2D eigenvalue weighted by Gasteiger charge is 2.16. The minimum atomic E-state index is 0.593. The second-order valence-electron chi connectivity index (χ2n) is 4.45. The van der Waals surface area contributed by atoms with Gasteiger partial charge in [-0.15, -0.1) is 0 Å². The minimum absolute atomic E-state index is 0.593. The fourth-order valence-electron chi connectivity index (χ4n) is 2.52. The maximum Gasteiger partial charge on any atom is 0.0638 e. The Bertz CT molecular complexity index is 543. The van der Waals surface area contributed by atoms with Crippen molar-refractivity contribution in [3.8, 4) is 11.1 Å². The number of fused-ring (bicyclic) bond motifs is 3. The van der Waals surface area contributed by atoms with Crippen molar-refractivity contribution in [1.29, 1.82) is 0 Å². The molecule has 0 aromatic heterocycles. The maximum atomic E-state index is 10.7. The lowest BCUT2D eigenvalue weighted by Crippen LogP contribution is -2.05. The van der Waals surface area contributed by atoms with E-state index in [1.54, 1.807) is 12.1 Å². The zero-order valence-corrected chi connectivity index (χ0v) is 9.69. The molecule has 18 heavy (non-hydrogen) atoms. The van der Waals surface area contributed by atoms with E-state index < -0.39 is 0 Å². The number of hydrogen-bond acceptors (Lipinski definition) is 2. The van der Waals surface area contributed by atoms with Crippen LogP contribution in [0.25, 0.3) is 11.1 Å². The first-order chi connectivity index (χ1) is 8.81. The summed E-state index contributed by atoms with van der Waals surface area (Å²) in [5.74, 6) is 0. The van der Waals surface area contributed by atoms with Gasteiger partial charge in [0.15, 0.2) is 0 Å². The molecule has 0 heterocycles. The van der Waals surface area contributed by atoms with Gasteiger partial charge in [0.05, 0.1) is 11.4 Å². The van der Waals surface area contributed by atoms with Crippen molar-refractivity contribution in [2.75, 3.05) is 11.0 Å². The quantitative estimate of drug-likeness (QED) is 0.792.